The van der Waals surface area contributed by atoms with Gasteiger partial charge in [0.25, 0.3) is 5.91 Å². The fourth-order valence-corrected chi connectivity index (χ4v) is 5.33. The molecule has 6 nitrogen and oxygen atoms in total. The van der Waals surface area contributed by atoms with Crippen molar-refractivity contribution in [1.82, 2.24) is 9.21 Å². The van der Waals surface area contributed by atoms with Crippen molar-refractivity contribution in [2.45, 2.75) is 51.5 Å². The number of piperidine rings is 1. The Hall–Kier alpha value is -1.44. The zero-order chi connectivity index (χ0) is 19.5. The van der Waals surface area contributed by atoms with Crippen molar-refractivity contribution in [3.8, 4) is 0 Å². The second kappa shape index (κ2) is 8.50. The number of nitrogens with zero attached hydrogens (tertiary/aromatic N) is 2. The maximum Gasteiger partial charge on any atom is 0.254 e. The van der Waals surface area contributed by atoms with Crippen LogP contribution in [0.5, 0.6) is 0 Å². The summed E-state index contributed by atoms with van der Waals surface area (Å²) in [7, 11) is -3.61. The molecule has 1 amide bonds. The van der Waals surface area contributed by atoms with Crippen LogP contribution in [0.15, 0.2) is 23.1 Å². The second-order valence-corrected chi connectivity index (χ2v) is 8.99. The van der Waals surface area contributed by atoms with Crippen LogP contribution >= 0.6 is 0 Å². The Bertz CT molecular complexity index is 744. The van der Waals surface area contributed by atoms with Gasteiger partial charge in [-0.2, -0.15) is 4.31 Å². The first-order valence-corrected chi connectivity index (χ1v) is 10.8. The highest BCUT2D eigenvalue weighted by Crippen LogP contribution is 2.26. The molecule has 1 aromatic rings. The number of aryl methyl sites for hydroxylation is 1. The molecular formula is C19H31N3O3S. The molecule has 1 saturated heterocycles. The Labute approximate surface area is 157 Å². The summed E-state index contributed by atoms with van der Waals surface area (Å²) in [5, 5.41) is 0. The molecule has 2 atom stereocenters. The average molecular weight is 382 g/mol. The maximum atomic E-state index is 13.0. The molecule has 1 aliphatic rings. The smallest absolute Gasteiger partial charge is 0.254 e. The van der Waals surface area contributed by atoms with Crippen molar-refractivity contribution in [1.29, 1.82) is 0 Å². The van der Waals surface area contributed by atoms with Crippen molar-refractivity contribution in [2.75, 3.05) is 26.2 Å². The molecule has 0 radical (unpaired) electrons. The number of rotatable bonds is 6. The van der Waals surface area contributed by atoms with Gasteiger partial charge in [-0.15, -0.1) is 0 Å². The molecule has 0 bridgehead atoms. The number of nitrogens with two attached hydrogens (primary N) is 1. The van der Waals surface area contributed by atoms with Crippen molar-refractivity contribution in [3.63, 3.8) is 0 Å². The summed E-state index contributed by atoms with van der Waals surface area (Å²) >= 11 is 0. The molecule has 7 heteroatoms. The van der Waals surface area contributed by atoms with Crippen LogP contribution in [-0.2, 0) is 10.0 Å². The van der Waals surface area contributed by atoms with Gasteiger partial charge in [0.15, 0.2) is 0 Å². The van der Waals surface area contributed by atoms with E-state index in [4.69, 9.17) is 5.73 Å². The van der Waals surface area contributed by atoms with Gasteiger partial charge >= 0.3 is 0 Å². The monoisotopic (exact) mass is 381 g/mol. The van der Waals surface area contributed by atoms with Crippen molar-refractivity contribution in [3.05, 3.63) is 29.3 Å². The number of benzene rings is 1. The quantitative estimate of drug-likeness (QED) is 0.819. The topological polar surface area (TPSA) is 83.7 Å². The molecule has 2 rings (SSSR count). The molecule has 0 aliphatic carbocycles. The first-order chi connectivity index (χ1) is 12.3. The highest BCUT2D eigenvalue weighted by atomic mass is 32.2. The van der Waals surface area contributed by atoms with Gasteiger partial charge in [0, 0.05) is 37.8 Å². The highest BCUT2D eigenvalue weighted by Gasteiger charge is 2.31. The van der Waals surface area contributed by atoms with Gasteiger partial charge in [-0.1, -0.05) is 26.8 Å². The molecule has 26 heavy (non-hydrogen) atoms. The number of hydrogen-bond acceptors (Lipinski definition) is 4. The van der Waals surface area contributed by atoms with E-state index < -0.39 is 10.0 Å². The molecule has 0 saturated carbocycles. The standard InChI is InChI=1S/C19H31N3O3S/c1-5-21(6-2)26(24,25)18-12-16(8-7-15(18)4)19(23)22-10-9-14(3)11-17(22)13-20/h7-8,12,14,17H,5-6,9-11,13,20H2,1-4H3. The van der Waals surface area contributed by atoms with Crippen molar-refractivity contribution < 1.29 is 13.2 Å². The Morgan fingerprint density at radius 1 is 1.31 bits per heavy atom. The maximum absolute atomic E-state index is 13.0. The molecule has 1 aromatic carbocycles. The molecular weight excluding hydrogens is 350 g/mol. The summed E-state index contributed by atoms with van der Waals surface area (Å²) in [4.78, 5) is 15.1. The minimum atomic E-state index is -3.61. The van der Waals surface area contributed by atoms with Gasteiger partial charge in [-0.05, 0) is 43.4 Å². The van der Waals surface area contributed by atoms with Crippen LogP contribution in [0.2, 0.25) is 0 Å². The van der Waals surface area contributed by atoms with Gasteiger partial charge in [0.1, 0.15) is 0 Å². The first-order valence-electron chi connectivity index (χ1n) is 9.38. The molecule has 1 aliphatic heterocycles. The average Bonchev–Trinajstić information content (AvgIpc) is 2.62. The molecule has 0 spiro atoms. The van der Waals surface area contributed by atoms with Crippen LogP contribution < -0.4 is 5.73 Å². The van der Waals surface area contributed by atoms with E-state index in [1.165, 1.54) is 10.4 Å². The minimum absolute atomic E-state index is 0.00962. The third-order valence-corrected chi connectivity index (χ3v) is 7.46. The van der Waals surface area contributed by atoms with E-state index in [9.17, 15) is 13.2 Å². The molecule has 2 N–H and O–H groups in total. The summed E-state index contributed by atoms with van der Waals surface area (Å²) in [6.45, 7) is 9.44. The zero-order valence-electron chi connectivity index (χ0n) is 16.2. The molecule has 0 aromatic heterocycles. The second-order valence-electron chi connectivity index (χ2n) is 7.09. The van der Waals surface area contributed by atoms with E-state index in [0.29, 0.717) is 43.2 Å². The van der Waals surface area contributed by atoms with E-state index in [0.717, 1.165) is 12.8 Å². The molecule has 2 unspecified atom stereocenters. The van der Waals surface area contributed by atoms with Crippen LogP contribution in [0.1, 0.15) is 49.5 Å². The van der Waals surface area contributed by atoms with E-state index in [1.54, 1.807) is 24.0 Å². The summed E-state index contributed by atoms with van der Waals surface area (Å²) < 4.78 is 27.2. The van der Waals surface area contributed by atoms with Crippen LogP contribution in [0.4, 0.5) is 0 Å². The van der Waals surface area contributed by atoms with Crippen molar-refractivity contribution >= 4 is 15.9 Å². The Morgan fingerprint density at radius 3 is 2.54 bits per heavy atom. The Balaban J connectivity index is 2.38. The summed E-state index contributed by atoms with van der Waals surface area (Å²) in [6, 6.07) is 4.96. The van der Waals surface area contributed by atoms with Gasteiger partial charge in [-0.3, -0.25) is 4.79 Å². The third-order valence-electron chi connectivity index (χ3n) is 5.27. The number of carbonyl (C=O) groups is 1. The Morgan fingerprint density at radius 2 is 1.96 bits per heavy atom. The van der Waals surface area contributed by atoms with E-state index in [-0.39, 0.29) is 16.8 Å². The lowest BCUT2D eigenvalue weighted by Crippen LogP contribution is -2.49. The minimum Gasteiger partial charge on any atom is -0.334 e. The van der Waals surface area contributed by atoms with E-state index >= 15 is 0 Å². The van der Waals surface area contributed by atoms with Crippen molar-refractivity contribution in [2.24, 2.45) is 11.7 Å². The lowest BCUT2D eigenvalue weighted by Gasteiger charge is -2.38. The molecule has 146 valence electrons. The number of carbonyl (C=O) groups excluding carboxylic acids is 1. The van der Waals surface area contributed by atoms with Crippen LogP contribution in [0.3, 0.4) is 0 Å². The summed E-state index contributed by atoms with van der Waals surface area (Å²) in [6.07, 6.45) is 1.83. The van der Waals surface area contributed by atoms with Crippen LogP contribution in [-0.4, -0.2) is 55.8 Å². The summed E-state index contributed by atoms with van der Waals surface area (Å²) in [5.74, 6) is 0.410. The predicted molar refractivity (Wildman–Crippen MR) is 104 cm³/mol. The van der Waals surface area contributed by atoms with E-state index in [1.807, 2.05) is 13.8 Å². The predicted octanol–water partition coefficient (Wildman–Crippen LogP) is 2.22. The number of likely N-dealkylation sites (tertiary alicyclic amines) is 1. The SMILES string of the molecule is CCN(CC)S(=O)(=O)c1cc(C(=O)N2CCC(C)CC2CN)ccc1C. The number of hydrogen-bond donors (Lipinski definition) is 1. The number of sulfonamides is 1. The van der Waals surface area contributed by atoms with Gasteiger partial charge in [-0.25, -0.2) is 8.42 Å². The van der Waals surface area contributed by atoms with Crippen LogP contribution in [0, 0.1) is 12.8 Å². The van der Waals surface area contributed by atoms with E-state index in [2.05, 4.69) is 6.92 Å². The number of amides is 1. The third kappa shape index (κ3) is 4.10. The Kier molecular flexibility index (Phi) is 6.82. The largest absolute Gasteiger partial charge is 0.334 e. The van der Waals surface area contributed by atoms with Crippen LogP contribution in [0.25, 0.3) is 0 Å². The zero-order valence-corrected chi connectivity index (χ0v) is 17.1. The molecule has 1 heterocycles. The lowest BCUT2D eigenvalue weighted by molar-refractivity contribution is 0.0573. The first kappa shape index (κ1) is 20.9. The summed E-state index contributed by atoms with van der Waals surface area (Å²) in [5.41, 5.74) is 6.93. The lowest BCUT2D eigenvalue weighted by atomic mass is 9.92. The molecule has 1 fully saturated rings. The normalized spacial score (nSPS) is 21.2. The van der Waals surface area contributed by atoms with Gasteiger partial charge < -0.3 is 10.6 Å². The van der Waals surface area contributed by atoms with Gasteiger partial charge in [0.2, 0.25) is 10.0 Å². The fraction of sp³-hybridized carbons (Fsp3) is 0.632. The fourth-order valence-electron chi connectivity index (χ4n) is 3.62. The van der Waals surface area contributed by atoms with Gasteiger partial charge in [0.05, 0.1) is 4.90 Å². The highest BCUT2D eigenvalue weighted by molar-refractivity contribution is 7.89.